The van der Waals surface area contributed by atoms with E-state index in [1.165, 1.54) is 6.07 Å². The SMILES string of the molecule is Cl.Fc1ccccc1-c1nc(N2CCNCC2)nc2ccc(Cl)cc12. The van der Waals surface area contributed by atoms with Crippen LogP contribution in [0.15, 0.2) is 42.5 Å². The van der Waals surface area contributed by atoms with Gasteiger partial charge >= 0.3 is 0 Å². The van der Waals surface area contributed by atoms with Gasteiger partial charge in [0.2, 0.25) is 5.95 Å². The average Bonchev–Trinajstić information content (AvgIpc) is 2.62. The van der Waals surface area contributed by atoms with Crippen molar-refractivity contribution in [3.8, 4) is 11.3 Å². The number of hydrogen-bond donors (Lipinski definition) is 1. The highest BCUT2D eigenvalue weighted by atomic mass is 35.5. The zero-order valence-electron chi connectivity index (χ0n) is 13.4. The number of nitrogens with zero attached hydrogens (tertiary/aromatic N) is 3. The number of anilines is 1. The van der Waals surface area contributed by atoms with Crippen LogP contribution in [0.25, 0.3) is 22.2 Å². The van der Waals surface area contributed by atoms with E-state index in [1.54, 1.807) is 30.3 Å². The third-order valence-corrected chi connectivity index (χ3v) is 4.41. The van der Waals surface area contributed by atoms with Gasteiger partial charge in [-0.25, -0.2) is 14.4 Å². The van der Waals surface area contributed by atoms with E-state index in [4.69, 9.17) is 11.6 Å². The van der Waals surface area contributed by atoms with E-state index in [-0.39, 0.29) is 18.2 Å². The average molecular weight is 379 g/mol. The van der Waals surface area contributed by atoms with E-state index in [0.29, 0.717) is 22.2 Å². The highest BCUT2D eigenvalue weighted by Gasteiger charge is 2.18. The number of hydrogen-bond acceptors (Lipinski definition) is 4. The maximum atomic E-state index is 14.4. The lowest BCUT2D eigenvalue weighted by molar-refractivity contribution is 0.580. The van der Waals surface area contributed by atoms with Crippen LogP contribution in [0.3, 0.4) is 0 Å². The van der Waals surface area contributed by atoms with Crippen LogP contribution in [0.1, 0.15) is 0 Å². The van der Waals surface area contributed by atoms with Crippen molar-refractivity contribution in [3.63, 3.8) is 0 Å². The molecule has 2 heterocycles. The molecule has 7 heteroatoms. The van der Waals surface area contributed by atoms with Crippen LogP contribution < -0.4 is 10.2 Å². The Morgan fingerprint density at radius 1 is 1.04 bits per heavy atom. The highest BCUT2D eigenvalue weighted by Crippen LogP contribution is 2.31. The summed E-state index contributed by atoms with van der Waals surface area (Å²) in [5.74, 6) is 0.327. The Morgan fingerprint density at radius 3 is 2.56 bits per heavy atom. The van der Waals surface area contributed by atoms with Crippen molar-refractivity contribution in [2.75, 3.05) is 31.1 Å². The fourth-order valence-electron chi connectivity index (χ4n) is 2.95. The first-order chi connectivity index (χ1) is 11.7. The number of benzene rings is 2. The Morgan fingerprint density at radius 2 is 1.80 bits per heavy atom. The Labute approximate surface area is 156 Å². The van der Waals surface area contributed by atoms with Gasteiger partial charge < -0.3 is 10.2 Å². The summed E-state index contributed by atoms with van der Waals surface area (Å²) in [4.78, 5) is 11.5. The fourth-order valence-corrected chi connectivity index (χ4v) is 3.13. The van der Waals surface area contributed by atoms with Gasteiger partial charge in [0, 0.05) is 42.2 Å². The molecule has 0 atom stereocenters. The molecule has 0 bridgehead atoms. The number of piperazine rings is 1. The molecule has 2 aromatic carbocycles. The smallest absolute Gasteiger partial charge is 0.226 e. The summed E-state index contributed by atoms with van der Waals surface area (Å²) >= 11 is 6.14. The minimum absolute atomic E-state index is 0. The van der Waals surface area contributed by atoms with E-state index >= 15 is 0 Å². The molecule has 1 N–H and O–H groups in total. The van der Waals surface area contributed by atoms with E-state index in [1.807, 2.05) is 6.07 Å². The summed E-state index contributed by atoms with van der Waals surface area (Å²) in [6.45, 7) is 3.43. The van der Waals surface area contributed by atoms with Crippen molar-refractivity contribution in [1.82, 2.24) is 15.3 Å². The van der Waals surface area contributed by atoms with Gasteiger partial charge in [-0.1, -0.05) is 23.7 Å². The van der Waals surface area contributed by atoms with Gasteiger partial charge in [0.25, 0.3) is 0 Å². The molecular formula is C18H17Cl2FN4. The Bertz CT molecular complexity index is 897. The molecule has 4 nitrogen and oxygen atoms in total. The lowest BCUT2D eigenvalue weighted by Crippen LogP contribution is -2.44. The summed E-state index contributed by atoms with van der Waals surface area (Å²) in [6, 6.07) is 12.1. The van der Waals surface area contributed by atoms with Crippen molar-refractivity contribution in [1.29, 1.82) is 0 Å². The number of rotatable bonds is 2. The monoisotopic (exact) mass is 378 g/mol. The van der Waals surface area contributed by atoms with Crippen LogP contribution in [0.2, 0.25) is 5.02 Å². The molecule has 1 aliphatic heterocycles. The van der Waals surface area contributed by atoms with Crippen LogP contribution in [0.4, 0.5) is 10.3 Å². The lowest BCUT2D eigenvalue weighted by Gasteiger charge is -2.28. The molecule has 0 aliphatic carbocycles. The maximum absolute atomic E-state index is 14.4. The summed E-state index contributed by atoms with van der Waals surface area (Å²) < 4.78 is 14.4. The first-order valence-corrected chi connectivity index (χ1v) is 8.28. The minimum atomic E-state index is -0.302. The zero-order chi connectivity index (χ0) is 16.5. The third kappa shape index (κ3) is 3.54. The Hall–Kier alpha value is -1.95. The Kier molecular flexibility index (Phi) is 5.37. The topological polar surface area (TPSA) is 41.1 Å². The largest absolute Gasteiger partial charge is 0.338 e. The quantitative estimate of drug-likeness (QED) is 0.733. The standard InChI is InChI=1S/C18H16ClFN4.ClH/c19-12-5-6-16-14(11-12)17(13-3-1-2-4-15(13)20)23-18(22-16)24-9-7-21-8-10-24;/h1-6,11,21H,7-10H2;1H. The molecule has 0 amide bonds. The molecule has 25 heavy (non-hydrogen) atoms. The second kappa shape index (κ2) is 7.52. The highest BCUT2D eigenvalue weighted by molar-refractivity contribution is 6.31. The van der Waals surface area contributed by atoms with Gasteiger partial charge in [-0.15, -0.1) is 12.4 Å². The Balaban J connectivity index is 0.00000182. The lowest BCUT2D eigenvalue weighted by atomic mass is 10.1. The molecule has 1 fully saturated rings. The molecule has 4 rings (SSSR count). The molecule has 3 aromatic rings. The van der Waals surface area contributed by atoms with Crippen LogP contribution in [0.5, 0.6) is 0 Å². The van der Waals surface area contributed by atoms with Crippen LogP contribution in [-0.4, -0.2) is 36.1 Å². The first-order valence-electron chi connectivity index (χ1n) is 7.90. The summed E-state index contributed by atoms with van der Waals surface area (Å²) in [5.41, 5.74) is 1.80. The van der Waals surface area contributed by atoms with Crippen molar-refractivity contribution >= 4 is 40.9 Å². The molecule has 1 aliphatic rings. The van der Waals surface area contributed by atoms with Gasteiger partial charge in [0.05, 0.1) is 11.2 Å². The molecule has 0 saturated carbocycles. The second-order valence-electron chi connectivity index (χ2n) is 5.75. The summed E-state index contributed by atoms with van der Waals surface area (Å²) in [5, 5.41) is 4.65. The van der Waals surface area contributed by atoms with Crippen molar-refractivity contribution in [2.24, 2.45) is 0 Å². The van der Waals surface area contributed by atoms with Gasteiger partial charge in [-0.3, -0.25) is 0 Å². The van der Waals surface area contributed by atoms with Gasteiger partial charge in [0.1, 0.15) is 5.82 Å². The fraction of sp³-hybridized carbons (Fsp3) is 0.222. The van der Waals surface area contributed by atoms with E-state index in [9.17, 15) is 4.39 Å². The van der Waals surface area contributed by atoms with Crippen molar-refractivity contribution in [3.05, 3.63) is 53.3 Å². The van der Waals surface area contributed by atoms with Crippen LogP contribution >= 0.6 is 24.0 Å². The first kappa shape index (κ1) is 17.9. The van der Waals surface area contributed by atoms with E-state index in [0.717, 1.165) is 37.1 Å². The third-order valence-electron chi connectivity index (χ3n) is 4.17. The van der Waals surface area contributed by atoms with Crippen LogP contribution in [0, 0.1) is 5.82 Å². The molecule has 1 saturated heterocycles. The number of nitrogens with one attached hydrogen (secondary N) is 1. The van der Waals surface area contributed by atoms with Gasteiger partial charge in [-0.2, -0.15) is 0 Å². The van der Waals surface area contributed by atoms with Crippen molar-refractivity contribution in [2.45, 2.75) is 0 Å². The van der Waals surface area contributed by atoms with Gasteiger partial charge in [0.15, 0.2) is 0 Å². The molecule has 130 valence electrons. The van der Waals surface area contributed by atoms with Crippen LogP contribution in [-0.2, 0) is 0 Å². The zero-order valence-corrected chi connectivity index (χ0v) is 14.9. The number of aromatic nitrogens is 2. The molecule has 0 spiro atoms. The normalized spacial score (nSPS) is 14.4. The molecule has 0 radical (unpaired) electrons. The minimum Gasteiger partial charge on any atom is -0.338 e. The molecular weight excluding hydrogens is 362 g/mol. The summed E-state index contributed by atoms with van der Waals surface area (Å²) in [7, 11) is 0. The predicted octanol–water partition coefficient (Wildman–Crippen LogP) is 3.92. The van der Waals surface area contributed by atoms with E-state index < -0.39 is 0 Å². The number of halogens is 3. The molecule has 0 unspecified atom stereocenters. The summed E-state index contributed by atoms with van der Waals surface area (Å²) in [6.07, 6.45) is 0. The second-order valence-corrected chi connectivity index (χ2v) is 6.19. The van der Waals surface area contributed by atoms with E-state index in [2.05, 4.69) is 20.2 Å². The molecule has 1 aromatic heterocycles. The van der Waals surface area contributed by atoms with Crippen molar-refractivity contribution < 1.29 is 4.39 Å². The number of fused-ring (bicyclic) bond motifs is 1. The van der Waals surface area contributed by atoms with Gasteiger partial charge in [-0.05, 0) is 30.3 Å². The predicted molar refractivity (Wildman–Crippen MR) is 102 cm³/mol. The maximum Gasteiger partial charge on any atom is 0.226 e.